The summed E-state index contributed by atoms with van der Waals surface area (Å²) < 4.78 is 6.60. The van der Waals surface area contributed by atoms with Crippen LogP contribution in [0.25, 0.3) is 0 Å². The van der Waals surface area contributed by atoms with Crippen molar-refractivity contribution in [2.24, 2.45) is 0 Å². The number of ether oxygens (including phenoxy) is 1. The molecule has 1 fully saturated rings. The van der Waals surface area contributed by atoms with E-state index in [9.17, 15) is 0 Å². The summed E-state index contributed by atoms with van der Waals surface area (Å²) in [6, 6.07) is 0. The molecule has 0 aromatic carbocycles. The highest BCUT2D eigenvalue weighted by atomic mass is 16.5. The van der Waals surface area contributed by atoms with E-state index in [0.717, 1.165) is 25.7 Å². The predicted octanol–water partition coefficient (Wildman–Crippen LogP) is 4.28. The van der Waals surface area contributed by atoms with E-state index in [1.807, 2.05) is 0 Å². The van der Waals surface area contributed by atoms with Crippen molar-refractivity contribution < 1.29 is 4.74 Å². The lowest BCUT2D eigenvalue weighted by Gasteiger charge is -2.53. The van der Waals surface area contributed by atoms with Gasteiger partial charge in [-0.25, -0.2) is 0 Å². The molecule has 1 aliphatic heterocycles. The van der Waals surface area contributed by atoms with Crippen molar-refractivity contribution in [1.29, 1.82) is 0 Å². The number of hydrogen-bond donors (Lipinski definition) is 1. The van der Waals surface area contributed by atoms with Gasteiger partial charge in [-0.3, -0.25) is 0 Å². The highest BCUT2D eigenvalue weighted by Crippen LogP contribution is 2.41. The van der Waals surface area contributed by atoms with Crippen molar-refractivity contribution in [3.63, 3.8) is 0 Å². The first-order chi connectivity index (χ1) is 7.95. The highest BCUT2D eigenvalue weighted by molar-refractivity contribution is 5.04. The molecule has 1 heterocycles. The van der Waals surface area contributed by atoms with Crippen molar-refractivity contribution >= 4 is 0 Å². The fourth-order valence-electron chi connectivity index (χ4n) is 4.00. The van der Waals surface area contributed by atoms with Gasteiger partial charge in [0.15, 0.2) is 0 Å². The zero-order chi connectivity index (χ0) is 14.2. The zero-order valence-electron chi connectivity index (χ0n) is 13.7. The summed E-state index contributed by atoms with van der Waals surface area (Å²) in [5.74, 6) is 0. The van der Waals surface area contributed by atoms with Crippen LogP contribution in [0.2, 0.25) is 0 Å². The van der Waals surface area contributed by atoms with E-state index >= 15 is 0 Å². The predicted molar refractivity (Wildman–Crippen MR) is 79.0 cm³/mol. The summed E-state index contributed by atoms with van der Waals surface area (Å²) in [5.41, 5.74) is 0.259. The normalized spacial score (nSPS) is 26.0. The Bertz CT molecular complexity index is 273. The Hall–Kier alpha value is -0.0800. The Balaban J connectivity index is 2.91. The monoisotopic (exact) mass is 255 g/mol. The van der Waals surface area contributed by atoms with Gasteiger partial charge < -0.3 is 10.1 Å². The van der Waals surface area contributed by atoms with Crippen LogP contribution in [0.1, 0.15) is 81.1 Å². The largest absolute Gasteiger partial charge is 0.369 e. The third-order valence-corrected chi connectivity index (χ3v) is 4.30. The van der Waals surface area contributed by atoms with Crippen molar-refractivity contribution in [3.05, 3.63) is 0 Å². The maximum absolute atomic E-state index is 6.60. The van der Waals surface area contributed by atoms with Crippen LogP contribution in [0.4, 0.5) is 0 Å². The minimum absolute atomic E-state index is 0.0122. The van der Waals surface area contributed by atoms with Crippen LogP contribution in [0.15, 0.2) is 0 Å². The minimum Gasteiger partial charge on any atom is -0.369 e. The van der Waals surface area contributed by atoms with E-state index in [1.165, 1.54) is 0 Å². The maximum atomic E-state index is 6.60. The molecule has 1 rings (SSSR count). The number of nitrogens with one attached hydrogen (secondary N) is 1. The highest BCUT2D eigenvalue weighted by Gasteiger charge is 2.47. The van der Waals surface area contributed by atoms with Crippen LogP contribution in [-0.2, 0) is 4.74 Å². The third-order valence-electron chi connectivity index (χ3n) is 4.30. The third kappa shape index (κ3) is 3.96. The van der Waals surface area contributed by atoms with Crippen LogP contribution in [0.3, 0.4) is 0 Å². The van der Waals surface area contributed by atoms with Gasteiger partial charge in [0.25, 0.3) is 0 Å². The molecule has 0 unspecified atom stereocenters. The molecule has 2 heteroatoms. The number of piperidine rings is 1. The minimum atomic E-state index is -0.0288. The average Bonchev–Trinajstić information content (AvgIpc) is 2.10. The standard InChI is InChI=1S/C16H33NO/c1-9-15(7,10-2)18-16(8)11-13(3,4)17-14(5,6)12-16/h17H,9-12H2,1-8H3. The molecule has 0 atom stereocenters. The van der Waals surface area contributed by atoms with Gasteiger partial charge in [0.2, 0.25) is 0 Å². The molecule has 1 saturated heterocycles. The van der Waals surface area contributed by atoms with E-state index in [1.54, 1.807) is 0 Å². The number of rotatable bonds is 4. The second-order valence-corrected chi connectivity index (χ2v) is 7.96. The zero-order valence-corrected chi connectivity index (χ0v) is 13.7. The topological polar surface area (TPSA) is 21.3 Å². The van der Waals surface area contributed by atoms with Crippen molar-refractivity contribution in [2.45, 2.75) is 103 Å². The summed E-state index contributed by atoms with van der Waals surface area (Å²) in [6.07, 6.45) is 4.29. The van der Waals surface area contributed by atoms with E-state index in [-0.39, 0.29) is 22.3 Å². The SMILES string of the molecule is CCC(C)(CC)OC1(C)CC(C)(C)NC(C)(C)C1. The lowest BCUT2D eigenvalue weighted by molar-refractivity contribution is -0.178. The first-order valence-electron chi connectivity index (χ1n) is 7.44. The van der Waals surface area contributed by atoms with E-state index in [2.05, 4.69) is 60.7 Å². The lowest BCUT2D eigenvalue weighted by atomic mass is 9.73. The van der Waals surface area contributed by atoms with Crippen LogP contribution < -0.4 is 5.32 Å². The van der Waals surface area contributed by atoms with Crippen molar-refractivity contribution in [1.82, 2.24) is 5.32 Å². The van der Waals surface area contributed by atoms with Gasteiger partial charge in [-0.1, -0.05) is 13.8 Å². The molecule has 18 heavy (non-hydrogen) atoms. The van der Waals surface area contributed by atoms with Crippen molar-refractivity contribution in [3.8, 4) is 0 Å². The Morgan fingerprint density at radius 3 is 1.67 bits per heavy atom. The molecule has 0 radical (unpaired) electrons. The molecule has 2 nitrogen and oxygen atoms in total. The molecule has 0 aromatic rings. The van der Waals surface area contributed by atoms with Crippen LogP contribution in [0.5, 0.6) is 0 Å². The Morgan fingerprint density at radius 1 is 0.944 bits per heavy atom. The first-order valence-corrected chi connectivity index (χ1v) is 7.44. The molecule has 0 aliphatic carbocycles. The Labute approximate surface area is 114 Å². The second kappa shape index (κ2) is 4.79. The Morgan fingerprint density at radius 2 is 1.33 bits per heavy atom. The molecule has 0 amide bonds. The molecule has 1 N–H and O–H groups in total. The van der Waals surface area contributed by atoms with Crippen LogP contribution in [-0.4, -0.2) is 22.3 Å². The van der Waals surface area contributed by atoms with Gasteiger partial charge in [-0.15, -0.1) is 0 Å². The summed E-state index contributed by atoms with van der Waals surface area (Å²) >= 11 is 0. The summed E-state index contributed by atoms with van der Waals surface area (Å²) in [5, 5.41) is 3.73. The molecule has 0 bridgehead atoms. The maximum Gasteiger partial charge on any atom is 0.0696 e. The molecule has 1 aliphatic rings. The lowest BCUT2D eigenvalue weighted by Crippen LogP contribution is -2.64. The fraction of sp³-hybridized carbons (Fsp3) is 1.00. The van der Waals surface area contributed by atoms with Gasteiger partial charge in [0.1, 0.15) is 0 Å². The first kappa shape index (κ1) is 16.0. The molecule has 108 valence electrons. The smallest absolute Gasteiger partial charge is 0.0696 e. The summed E-state index contributed by atoms with van der Waals surface area (Å²) in [4.78, 5) is 0. The fourth-order valence-corrected chi connectivity index (χ4v) is 4.00. The summed E-state index contributed by atoms with van der Waals surface area (Å²) in [6.45, 7) is 18.1. The molecule has 0 spiro atoms. The molecule has 0 aromatic heterocycles. The quantitative estimate of drug-likeness (QED) is 0.809. The van der Waals surface area contributed by atoms with Gasteiger partial charge in [0, 0.05) is 11.1 Å². The van der Waals surface area contributed by atoms with Crippen molar-refractivity contribution in [2.75, 3.05) is 0 Å². The van der Waals surface area contributed by atoms with Gasteiger partial charge in [-0.2, -0.15) is 0 Å². The van der Waals surface area contributed by atoms with Gasteiger partial charge >= 0.3 is 0 Å². The van der Waals surface area contributed by atoms with Crippen LogP contribution >= 0.6 is 0 Å². The van der Waals surface area contributed by atoms with Crippen LogP contribution in [0, 0.1) is 0 Å². The van der Waals surface area contributed by atoms with E-state index in [4.69, 9.17) is 4.74 Å². The van der Waals surface area contributed by atoms with Gasteiger partial charge in [-0.05, 0) is 67.2 Å². The molecular weight excluding hydrogens is 222 g/mol. The van der Waals surface area contributed by atoms with Gasteiger partial charge in [0.05, 0.1) is 11.2 Å². The second-order valence-electron chi connectivity index (χ2n) is 7.96. The Kier molecular flexibility index (Phi) is 4.25. The number of hydrogen-bond acceptors (Lipinski definition) is 2. The van der Waals surface area contributed by atoms with E-state index in [0.29, 0.717) is 0 Å². The van der Waals surface area contributed by atoms with E-state index < -0.39 is 0 Å². The average molecular weight is 255 g/mol. The molecule has 0 saturated carbocycles. The summed E-state index contributed by atoms with van der Waals surface area (Å²) in [7, 11) is 0. The molecular formula is C16H33NO.